The van der Waals surface area contributed by atoms with Crippen LogP contribution in [-0.2, 0) is 38.8 Å². The van der Waals surface area contributed by atoms with Crippen LogP contribution in [0.5, 0.6) is 0 Å². The van der Waals surface area contributed by atoms with Crippen molar-refractivity contribution in [1.82, 2.24) is 0 Å². The predicted molar refractivity (Wildman–Crippen MR) is 118 cm³/mol. The van der Waals surface area contributed by atoms with Gasteiger partial charge in [-0.1, -0.05) is 91.0 Å². The van der Waals surface area contributed by atoms with Gasteiger partial charge in [0.2, 0.25) is 0 Å². The molecule has 32 heavy (non-hydrogen) atoms. The van der Waals surface area contributed by atoms with Gasteiger partial charge in [0, 0.05) is 0 Å². The summed E-state index contributed by atoms with van der Waals surface area (Å²) in [7, 11) is 0. The first-order valence-electron chi connectivity index (χ1n) is 10.7. The Morgan fingerprint density at radius 2 is 1.12 bits per heavy atom. The summed E-state index contributed by atoms with van der Waals surface area (Å²) in [4.78, 5) is 0. The van der Waals surface area contributed by atoms with Crippen molar-refractivity contribution in [2.45, 2.75) is 44.1 Å². The maximum absolute atomic E-state index is 10.6. The summed E-state index contributed by atoms with van der Waals surface area (Å²) in [6.45, 7) is 0.986. The molecule has 0 bridgehead atoms. The van der Waals surface area contributed by atoms with E-state index in [9.17, 15) is 10.2 Å². The fourth-order valence-electron chi connectivity index (χ4n) is 3.69. The number of hydrogen-bond donors (Lipinski definition) is 2. The average Bonchev–Trinajstić information content (AvgIpc) is 3.07. The molecule has 0 amide bonds. The molecule has 6 heteroatoms. The highest BCUT2D eigenvalue weighted by Gasteiger charge is 2.55. The molecular formula is C26H28O6. The minimum Gasteiger partial charge on any atom is -0.374 e. The first-order valence-corrected chi connectivity index (χ1v) is 10.7. The maximum atomic E-state index is 10.6. The standard InChI is InChI=1S/C26H28O6/c27-26(28)25(31-18-22-14-8-3-9-15-22)24(30-17-21-12-6-2-7-13-21)23(32-26)19-29-16-20-10-4-1-5-11-20/h1-15,23-25,27-28H,16-19H2/t23-,24-,25+/m1/s1. The molecule has 0 aliphatic carbocycles. The molecule has 0 aromatic heterocycles. The van der Waals surface area contributed by atoms with Gasteiger partial charge in [-0.3, -0.25) is 0 Å². The average molecular weight is 437 g/mol. The van der Waals surface area contributed by atoms with Crippen LogP contribution in [0, 0.1) is 0 Å². The Labute approximate surface area is 188 Å². The van der Waals surface area contributed by atoms with E-state index in [-0.39, 0.29) is 19.8 Å². The molecular weight excluding hydrogens is 408 g/mol. The second kappa shape index (κ2) is 10.8. The van der Waals surface area contributed by atoms with E-state index in [2.05, 4.69) is 0 Å². The molecule has 0 unspecified atom stereocenters. The molecule has 168 valence electrons. The van der Waals surface area contributed by atoms with Crippen molar-refractivity contribution in [2.24, 2.45) is 0 Å². The normalized spacial score (nSPS) is 22.1. The summed E-state index contributed by atoms with van der Waals surface area (Å²) >= 11 is 0. The molecule has 3 aromatic carbocycles. The lowest BCUT2D eigenvalue weighted by molar-refractivity contribution is -0.362. The molecule has 0 saturated carbocycles. The van der Waals surface area contributed by atoms with E-state index < -0.39 is 24.3 Å². The number of benzene rings is 3. The molecule has 0 spiro atoms. The van der Waals surface area contributed by atoms with Gasteiger partial charge in [0.05, 0.1) is 26.4 Å². The van der Waals surface area contributed by atoms with Crippen LogP contribution in [0.15, 0.2) is 91.0 Å². The SMILES string of the molecule is OC1(O)O[C@H](COCc2ccccc2)[C@@H](OCc2ccccc2)[C@@H]1OCc1ccccc1. The van der Waals surface area contributed by atoms with E-state index in [0.29, 0.717) is 6.61 Å². The molecule has 1 heterocycles. The van der Waals surface area contributed by atoms with Crippen molar-refractivity contribution < 1.29 is 29.2 Å². The van der Waals surface area contributed by atoms with Gasteiger partial charge in [-0.2, -0.15) is 0 Å². The van der Waals surface area contributed by atoms with Crippen LogP contribution in [0.2, 0.25) is 0 Å². The molecule has 1 aliphatic heterocycles. The third-order valence-corrected chi connectivity index (χ3v) is 5.31. The molecule has 1 fully saturated rings. The van der Waals surface area contributed by atoms with Gasteiger partial charge in [0.15, 0.2) is 6.10 Å². The molecule has 4 rings (SSSR count). The summed E-state index contributed by atoms with van der Waals surface area (Å²) in [5, 5.41) is 21.1. The Bertz CT molecular complexity index is 932. The minimum atomic E-state index is -2.49. The first kappa shape index (κ1) is 22.6. The first-order chi connectivity index (χ1) is 15.6. The number of aliphatic hydroxyl groups is 2. The van der Waals surface area contributed by atoms with Crippen LogP contribution in [0.4, 0.5) is 0 Å². The zero-order valence-electron chi connectivity index (χ0n) is 17.7. The van der Waals surface area contributed by atoms with E-state index in [1.165, 1.54) is 0 Å². The summed E-state index contributed by atoms with van der Waals surface area (Å²) in [6.07, 6.45) is -2.54. The van der Waals surface area contributed by atoms with E-state index in [1.54, 1.807) is 0 Å². The Morgan fingerprint density at radius 3 is 1.66 bits per heavy atom. The van der Waals surface area contributed by atoms with E-state index in [1.807, 2.05) is 91.0 Å². The Balaban J connectivity index is 1.44. The highest BCUT2D eigenvalue weighted by atomic mass is 16.8. The van der Waals surface area contributed by atoms with Gasteiger partial charge in [0.25, 0.3) is 0 Å². The largest absolute Gasteiger partial charge is 0.374 e. The lowest BCUT2D eigenvalue weighted by atomic mass is 10.1. The smallest absolute Gasteiger partial charge is 0.309 e. The molecule has 3 atom stereocenters. The van der Waals surface area contributed by atoms with Gasteiger partial charge < -0.3 is 29.2 Å². The Hall–Kier alpha value is -2.58. The fourth-order valence-corrected chi connectivity index (χ4v) is 3.69. The summed E-state index contributed by atoms with van der Waals surface area (Å²) in [5.74, 6) is -2.49. The minimum absolute atomic E-state index is 0.127. The predicted octanol–water partition coefficient (Wildman–Crippen LogP) is 3.41. The maximum Gasteiger partial charge on any atom is 0.309 e. The summed E-state index contributed by atoms with van der Waals surface area (Å²) < 4.78 is 23.3. The van der Waals surface area contributed by atoms with Gasteiger partial charge in [-0.05, 0) is 16.7 Å². The highest BCUT2D eigenvalue weighted by Crippen LogP contribution is 2.33. The number of hydrogen-bond acceptors (Lipinski definition) is 6. The Morgan fingerprint density at radius 1 is 0.656 bits per heavy atom. The monoisotopic (exact) mass is 436 g/mol. The lowest BCUT2D eigenvalue weighted by Gasteiger charge is -2.26. The zero-order chi connectivity index (χ0) is 22.2. The number of rotatable bonds is 10. The van der Waals surface area contributed by atoms with E-state index in [0.717, 1.165) is 16.7 Å². The van der Waals surface area contributed by atoms with Crippen molar-refractivity contribution >= 4 is 0 Å². The van der Waals surface area contributed by atoms with E-state index >= 15 is 0 Å². The van der Waals surface area contributed by atoms with E-state index in [4.69, 9.17) is 18.9 Å². The molecule has 1 aliphatic rings. The molecule has 0 radical (unpaired) electrons. The Kier molecular flexibility index (Phi) is 7.65. The van der Waals surface area contributed by atoms with Gasteiger partial charge in [0.1, 0.15) is 12.2 Å². The molecule has 3 aromatic rings. The summed E-state index contributed by atoms with van der Waals surface area (Å²) in [6, 6.07) is 29.0. The third-order valence-electron chi connectivity index (χ3n) is 5.31. The second-order valence-corrected chi connectivity index (χ2v) is 7.79. The third kappa shape index (κ3) is 6.01. The van der Waals surface area contributed by atoms with Gasteiger partial charge >= 0.3 is 5.97 Å². The van der Waals surface area contributed by atoms with Crippen LogP contribution >= 0.6 is 0 Å². The molecule has 1 saturated heterocycles. The number of ether oxygens (including phenoxy) is 4. The van der Waals surface area contributed by atoms with Crippen LogP contribution in [0.1, 0.15) is 16.7 Å². The van der Waals surface area contributed by atoms with Gasteiger partial charge in [-0.15, -0.1) is 0 Å². The van der Waals surface area contributed by atoms with Crippen molar-refractivity contribution in [1.29, 1.82) is 0 Å². The topological polar surface area (TPSA) is 77.4 Å². The zero-order valence-corrected chi connectivity index (χ0v) is 17.7. The van der Waals surface area contributed by atoms with Crippen molar-refractivity contribution in [3.63, 3.8) is 0 Å². The van der Waals surface area contributed by atoms with Crippen LogP contribution in [0.25, 0.3) is 0 Å². The lowest BCUT2D eigenvalue weighted by Crippen LogP contribution is -2.45. The van der Waals surface area contributed by atoms with Crippen LogP contribution in [0.3, 0.4) is 0 Å². The van der Waals surface area contributed by atoms with Gasteiger partial charge in [-0.25, -0.2) is 0 Å². The quantitative estimate of drug-likeness (QED) is 0.475. The van der Waals surface area contributed by atoms with Crippen molar-refractivity contribution in [2.75, 3.05) is 6.61 Å². The summed E-state index contributed by atoms with van der Waals surface area (Å²) in [5.41, 5.74) is 2.89. The second-order valence-electron chi connectivity index (χ2n) is 7.79. The van der Waals surface area contributed by atoms with Crippen molar-refractivity contribution in [3.8, 4) is 0 Å². The highest BCUT2D eigenvalue weighted by molar-refractivity contribution is 5.15. The molecule has 6 nitrogen and oxygen atoms in total. The fraction of sp³-hybridized carbons (Fsp3) is 0.308. The van der Waals surface area contributed by atoms with Crippen LogP contribution < -0.4 is 0 Å². The van der Waals surface area contributed by atoms with Crippen LogP contribution in [-0.4, -0.2) is 41.1 Å². The molecule has 2 N–H and O–H groups in total. The van der Waals surface area contributed by atoms with Crippen molar-refractivity contribution in [3.05, 3.63) is 108 Å².